The van der Waals surface area contributed by atoms with E-state index in [4.69, 9.17) is 0 Å². The average Bonchev–Trinajstić information content (AvgIpc) is 2.23. The monoisotopic (exact) mass is 166 g/mol. The van der Waals surface area contributed by atoms with Crippen molar-refractivity contribution in [3.05, 3.63) is 0 Å². The molecule has 0 spiro atoms. The molecule has 0 heteroatoms. The summed E-state index contributed by atoms with van der Waals surface area (Å²) in [6.45, 7) is 9.90. The van der Waals surface area contributed by atoms with Crippen LogP contribution in [0, 0.1) is 29.1 Å². The number of hydrogen-bond acceptors (Lipinski definition) is 0. The molecule has 2 aliphatic rings. The second-order valence-corrected chi connectivity index (χ2v) is 5.82. The van der Waals surface area contributed by atoms with Gasteiger partial charge in [0, 0.05) is 0 Å². The molecule has 0 heterocycles. The van der Waals surface area contributed by atoms with Gasteiger partial charge in [-0.1, -0.05) is 27.7 Å². The number of hydrogen-bond donors (Lipinski definition) is 0. The Morgan fingerprint density at radius 3 is 2.33 bits per heavy atom. The molecule has 0 N–H and O–H groups in total. The van der Waals surface area contributed by atoms with Crippen LogP contribution in [0.3, 0.4) is 0 Å². The Balaban J connectivity index is 2.23. The summed E-state index contributed by atoms with van der Waals surface area (Å²) in [4.78, 5) is 0. The van der Waals surface area contributed by atoms with Gasteiger partial charge in [-0.2, -0.15) is 0 Å². The van der Waals surface area contributed by atoms with Gasteiger partial charge in [0.2, 0.25) is 0 Å². The summed E-state index contributed by atoms with van der Waals surface area (Å²) in [6, 6.07) is 0. The van der Waals surface area contributed by atoms with Crippen molar-refractivity contribution in [2.24, 2.45) is 29.1 Å². The quantitative estimate of drug-likeness (QED) is 0.514. The van der Waals surface area contributed by atoms with Crippen LogP contribution in [0.25, 0.3) is 0 Å². The summed E-state index contributed by atoms with van der Waals surface area (Å²) in [6.07, 6.45) is 4.48. The predicted octanol–water partition coefficient (Wildman–Crippen LogP) is 3.71. The van der Waals surface area contributed by atoms with Crippen LogP contribution in [0.1, 0.15) is 47.0 Å². The fourth-order valence-electron chi connectivity index (χ4n) is 3.89. The molecule has 0 aromatic heterocycles. The topological polar surface area (TPSA) is 0 Å². The van der Waals surface area contributed by atoms with Gasteiger partial charge in [0.15, 0.2) is 0 Å². The van der Waals surface area contributed by atoms with Crippen molar-refractivity contribution in [3.8, 4) is 0 Å². The zero-order valence-corrected chi connectivity index (χ0v) is 8.93. The molecule has 0 aromatic carbocycles. The maximum Gasteiger partial charge on any atom is -0.0295 e. The van der Waals surface area contributed by atoms with E-state index >= 15 is 0 Å². The summed E-state index contributed by atoms with van der Waals surface area (Å²) >= 11 is 0. The lowest BCUT2D eigenvalue weighted by Gasteiger charge is -2.39. The molecule has 2 rings (SSSR count). The van der Waals surface area contributed by atoms with E-state index in [1.165, 1.54) is 19.3 Å². The zero-order chi connectivity index (χ0) is 8.93. The van der Waals surface area contributed by atoms with Gasteiger partial charge in [-0.25, -0.2) is 0 Å². The van der Waals surface area contributed by atoms with Crippen molar-refractivity contribution in [3.63, 3.8) is 0 Å². The normalized spacial score (nSPS) is 59.0. The molecular weight excluding hydrogens is 144 g/mol. The molecule has 0 radical (unpaired) electrons. The SMILES string of the molecule is CC1CC(C)C2(C)CC(C)C1C2. The minimum Gasteiger partial charge on any atom is -0.0622 e. The molecule has 5 unspecified atom stereocenters. The Bertz CT molecular complexity index is 180. The molecule has 0 aliphatic heterocycles. The minimum absolute atomic E-state index is 0.705. The van der Waals surface area contributed by atoms with E-state index in [1.807, 2.05) is 0 Å². The number of fused-ring (bicyclic) bond motifs is 2. The Morgan fingerprint density at radius 1 is 1.00 bits per heavy atom. The molecule has 12 heavy (non-hydrogen) atoms. The maximum atomic E-state index is 2.51. The van der Waals surface area contributed by atoms with E-state index in [-0.39, 0.29) is 0 Å². The molecular formula is C12H22. The van der Waals surface area contributed by atoms with Crippen LogP contribution in [0.4, 0.5) is 0 Å². The summed E-state index contributed by atoms with van der Waals surface area (Å²) in [5.41, 5.74) is 0.705. The van der Waals surface area contributed by atoms with Gasteiger partial charge >= 0.3 is 0 Å². The lowest BCUT2D eigenvalue weighted by atomic mass is 9.66. The molecule has 2 aliphatic carbocycles. The van der Waals surface area contributed by atoms with Crippen LogP contribution in [0.15, 0.2) is 0 Å². The lowest BCUT2D eigenvalue weighted by Crippen LogP contribution is -2.30. The Labute approximate surface area is 76.7 Å². The highest BCUT2D eigenvalue weighted by Gasteiger charge is 2.49. The van der Waals surface area contributed by atoms with Crippen LogP contribution in [0.5, 0.6) is 0 Å². The molecule has 0 aromatic rings. The first kappa shape index (κ1) is 8.59. The van der Waals surface area contributed by atoms with Crippen molar-refractivity contribution in [2.75, 3.05) is 0 Å². The summed E-state index contributed by atoms with van der Waals surface area (Å²) in [5, 5.41) is 0. The summed E-state index contributed by atoms with van der Waals surface area (Å²) in [5.74, 6) is 4.00. The first-order valence-corrected chi connectivity index (χ1v) is 5.53. The Kier molecular flexibility index (Phi) is 1.79. The number of rotatable bonds is 0. The molecule has 0 saturated heterocycles. The van der Waals surface area contributed by atoms with E-state index in [2.05, 4.69) is 27.7 Å². The van der Waals surface area contributed by atoms with Crippen molar-refractivity contribution in [2.45, 2.75) is 47.0 Å². The summed E-state index contributed by atoms with van der Waals surface area (Å²) in [7, 11) is 0. The maximum absolute atomic E-state index is 2.51. The minimum atomic E-state index is 0.705. The van der Waals surface area contributed by atoms with Crippen LogP contribution in [-0.2, 0) is 0 Å². The van der Waals surface area contributed by atoms with Gasteiger partial charge in [0.25, 0.3) is 0 Å². The average molecular weight is 166 g/mol. The van der Waals surface area contributed by atoms with Crippen LogP contribution in [-0.4, -0.2) is 0 Å². The van der Waals surface area contributed by atoms with E-state index < -0.39 is 0 Å². The van der Waals surface area contributed by atoms with Gasteiger partial charge < -0.3 is 0 Å². The van der Waals surface area contributed by atoms with E-state index in [1.54, 1.807) is 0 Å². The zero-order valence-electron chi connectivity index (χ0n) is 8.93. The highest BCUT2D eigenvalue weighted by atomic mass is 14.5. The van der Waals surface area contributed by atoms with Crippen molar-refractivity contribution < 1.29 is 0 Å². The van der Waals surface area contributed by atoms with Crippen molar-refractivity contribution in [1.82, 2.24) is 0 Å². The van der Waals surface area contributed by atoms with Gasteiger partial charge in [0.1, 0.15) is 0 Å². The highest BCUT2D eigenvalue weighted by molar-refractivity contribution is 4.99. The predicted molar refractivity (Wildman–Crippen MR) is 52.9 cm³/mol. The third-order valence-corrected chi connectivity index (χ3v) is 4.87. The van der Waals surface area contributed by atoms with E-state index in [0.29, 0.717) is 5.41 Å². The first-order valence-electron chi connectivity index (χ1n) is 5.53. The smallest absolute Gasteiger partial charge is 0.0295 e. The van der Waals surface area contributed by atoms with Gasteiger partial charge in [-0.3, -0.25) is 0 Å². The van der Waals surface area contributed by atoms with Gasteiger partial charge in [-0.05, 0) is 48.3 Å². The standard InChI is InChI=1S/C12H22/c1-8-5-10(3)12(4)6-9(2)11(8)7-12/h8-11H,5-7H2,1-4H3. The van der Waals surface area contributed by atoms with Crippen LogP contribution in [0.2, 0.25) is 0 Å². The fourth-order valence-corrected chi connectivity index (χ4v) is 3.89. The Morgan fingerprint density at radius 2 is 1.67 bits per heavy atom. The highest BCUT2D eigenvalue weighted by Crippen LogP contribution is 2.58. The second-order valence-electron chi connectivity index (χ2n) is 5.82. The molecule has 70 valence electrons. The van der Waals surface area contributed by atoms with Crippen LogP contribution < -0.4 is 0 Å². The third kappa shape index (κ3) is 1.03. The van der Waals surface area contributed by atoms with E-state index in [9.17, 15) is 0 Å². The molecule has 2 fully saturated rings. The summed E-state index contributed by atoms with van der Waals surface area (Å²) < 4.78 is 0. The molecule has 5 atom stereocenters. The second kappa shape index (κ2) is 2.49. The van der Waals surface area contributed by atoms with E-state index in [0.717, 1.165) is 23.7 Å². The van der Waals surface area contributed by atoms with Crippen LogP contribution >= 0.6 is 0 Å². The lowest BCUT2D eigenvalue weighted by molar-refractivity contribution is 0.109. The largest absolute Gasteiger partial charge is 0.0622 e. The van der Waals surface area contributed by atoms with Gasteiger partial charge in [-0.15, -0.1) is 0 Å². The molecule has 0 nitrogen and oxygen atoms in total. The third-order valence-electron chi connectivity index (χ3n) is 4.87. The molecule has 2 bridgehead atoms. The van der Waals surface area contributed by atoms with Gasteiger partial charge in [0.05, 0.1) is 0 Å². The molecule has 0 amide bonds. The molecule has 2 saturated carbocycles. The fraction of sp³-hybridized carbons (Fsp3) is 1.00. The van der Waals surface area contributed by atoms with Crippen molar-refractivity contribution in [1.29, 1.82) is 0 Å². The van der Waals surface area contributed by atoms with Crippen molar-refractivity contribution >= 4 is 0 Å². The Hall–Kier alpha value is 0. The first-order chi connectivity index (χ1) is 5.53.